The highest BCUT2D eigenvalue weighted by atomic mass is 16.2. The van der Waals surface area contributed by atoms with E-state index in [0.717, 1.165) is 12.5 Å². The summed E-state index contributed by atoms with van der Waals surface area (Å²) in [5.74, 6) is 0.953. The van der Waals surface area contributed by atoms with Gasteiger partial charge in [-0.3, -0.25) is 4.79 Å². The van der Waals surface area contributed by atoms with Crippen LogP contribution in [0.15, 0.2) is 0 Å². The summed E-state index contributed by atoms with van der Waals surface area (Å²) in [6, 6.07) is 0.313. The van der Waals surface area contributed by atoms with Crippen LogP contribution < -0.4 is 5.73 Å². The van der Waals surface area contributed by atoms with Crippen LogP contribution >= 0.6 is 0 Å². The van der Waals surface area contributed by atoms with Crippen LogP contribution in [0.5, 0.6) is 0 Å². The minimum absolute atomic E-state index is 0.161. The van der Waals surface area contributed by atoms with Gasteiger partial charge in [-0.25, -0.2) is 0 Å². The van der Waals surface area contributed by atoms with E-state index in [1.165, 1.54) is 19.3 Å². The highest BCUT2D eigenvalue weighted by molar-refractivity contribution is 5.88. The van der Waals surface area contributed by atoms with Gasteiger partial charge in [-0.15, -0.1) is 0 Å². The molecule has 1 aliphatic carbocycles. The zero-order valence-electron chi connectivity index (χ0n) is 7.49. The topological polar surface area (TPSA) is 46.3 Å². The van der Waals surface area contributed by atoms with Crippen molar-refractivity contribution < 1.29 is 4.79 Å². The van der Waals surface area contributed by atoms with Crippen molar-refractivity contribution in [1.82, 2.24) is 4.90 Å². The summed E-state index contributed by atoms with van der Waals surface area (Å²) >= 11 is 0. The molecule has 12 heavy (non-hydrogen) atoms. The quantitative estimate of drug-likeness (QED) is 0.574. The van der Waals surface area contributed by atoms with Gasteiger partial charge in [0, 0.05) is 12.6 Å². The molecule has 0 spiro atoms. The average Bonchev–Trinajstić information content (AvgIpc) is 2.46. The number of amides is 1. The zero-order chi connectivity index (χ0) is 8.72. The summed E-state index contributed by atoms with van der Waals surface area (Å²) in [5.41, 5.74) is 5.52. The van der Waals surface area contributed by atoms with Gasteiger partial charge in [-0.05, 0) is 25.2 Å². The number of β-lactam (4-membered cyclic amide) rings is 1. The lowest BCUT2D eigenvalue weighted by atomic mass is 10.0. The SMILES string of the molecule is CC1CCC(N2CC(N)C2=O)C1. The first-order valence-corrected chi connectivity index (χ1v) is 4.74. The highest BCUT2D eigenvalue weighted by Gasteiger charge is 2.40. The predicted molar refractivity (Wildman–Crippen MR) is 46.5 cm³/mol. The Balaban J connectivity index is 1.91. The first-order chi connectivity index (χ1) is 5.68. The van der Waals surface area contributed by atoms with Crippen LogP contribution in [0.1, 0.15) is 26.2 Å². The largest absolute Gasteiger partial charge is 0.336 e. The number of hydrogen-bond donors (Lipinski definition) is 1. The lowest BCUT2D eigenvalue weighted by Gasteiger charge is -2.40. The monoisotopic (exact) mass is 168 g/mol. The number of hydrogen-bond acceptors (Lipinski definition) is 2. The molecule has 2 N–H and O–H groups in total. The maximum Gasteiger partial charge on any atom is 0.241 e. The fraction of sp³-hybridized carbons (Fsp3) is 0.889. The number of carbonyl (C=O) groups excluding carboxylic acids is 1. The second kappa shape index (κ2) is 2.73. The van der Waals surface area contributed by atoms with Gasteiger partial charge < -0.3 is 10.6 Å². The summed E-state index contributed by atoms with van der Waals surface area (Å²) in [5, 5.41) is 0. The fourth-order valence-electron chi connectivity index (χ4n) is 2.27. The Morgan fingerprint density at radius 1 is 1.50 bits per heavy atom. The van der Waals surface area contributed by atoms with Crippen LogP contribution in [0.2, 0.25) is 0 Å². The van der Waals surface area contributed by atoms with E-state index in [0.29, 0.717) is 6.04 Å². The predicted octanol–water partition coefficient (Wildman–Crippen LogP) is 0.345. The maximum atomic E-state index is 11.3. The lowest BCUT2D eigenvalue weighted by molar-refractivity contribution is -0.145. The standard InChI is InChI=1S/C9H16N2O/c1-6-2-3-7(4-6)11-5-8(10)9(11)12/h6-8H,2-5,10H2,1H3. The van der Waals surface area contributed by atoms with E-state index in [1.54, 1.807) is 0 Å². The molecule has 0 aromatic rings. The molecule has 2 fully saturated rings. The molecule has 3 atom stereocenters. The molecule has 2 rings (SSSR count). The van der Waals surface area contributed by atoms with Gasteiger partial charge in [-0.1, -0.05) is 6.92 Å². The van der Waals surface area contributed by atoms with Gasteiger partial charge in [0.1, 0.15) is 6.04 Å². The van der Waals surface area contributed by atoms with Crippen molar-refractivity contribution in [3.05, 3.63) is 0 Å². The Morgan fingerprint density at radius 3 is 2.67 bits per heavy atom. The van der Waals surface area contributed by atoms with Crippen LogP contribution in [-0.2, 0) is 4.79 Å². The molecule has 1 heterocycles. The summed E-state index contributed by atoms with van der Waals surface area (Å²) in [6.07, 6.45) is 3.63. The Labute approximate surface area is 72.9 Å². The molecule has 0 aromatic carbocycles. The number of likely N-dealkylation sites (tertiary alicyclic amines) is 1. The second-order valence-electron chi connectivity index (χ2n) is 4.17. The third kappa shape index (κ3) is 1.12. The third-order valence-electron chi connectivity index (χ3n) is 3.10. The second-order valence-corrected chi connectivity index (χ2v) is 4.17. The van der Waals surface area contributed by atoms with Crippen LogP contribution in [0.4, 0.5) is 0 Å². The smallest absolute Gasteiger partial charge is 0.241 e. The number of nitrogens with two attached hydrogens (primary N) is 1. The molecule has 3 nitrogen and oxygen atoms in total. The van der Waals surface area contributed by atoms with E-state index in [1.807, 2.05) is 4.90 Å². The Bertz CT molecular complexity index is 205. The summed E-state index contributed by atoms with van der Waals surface area (Å²) in [6.45, 7) is 3.04. The van der Waals surface area contributed by atoms with E-state index in [2.05, 4.69) is 6.92 Å². The zero-order valence-corrected chi connectivity index (χ0v) is 7.49. The molecule has 3 unspecified atom stereocenters. The van der Waals surface area contributed by atoms with Crippen LogP contribution in [-0.4, -0.2) is 29.4 Å². The molecule has 68 valence electrons. The van der Waals surface area contributed by atoms with Crippen molar-refractivity contribution >= 4 is 5.91 Å². The number of rotatable bonds is 1. The first-order valence-electron chi connectivity index (χ1n) is 4.74. The minimum Gasteiger partial charge on any atom is -0.336 e. The Kier molecular flexibility index (Phi) is 1.83. The molecule has 3 heteroatoms. The van der Waals surface area contributed by atoms with Crippen LogP contribution in [0.25, 0.3) is 0 Å². The number of nitrogens with zero attached hydrogens (tertiary/aromatic N) is 1. The molecule has 0 radical (unpaired) electrons. The molecule has 0 bridgehead atoms. The molecular weight excluding hydrogens is 152 g/mol. The minimum atomic E-state index is -0.194. The van der Waals surface area contributed by atoms with Crippen molar-refractivity contribution in [2.24, 2.45) is 11.7 Å². The first kappa shape index (κ1) is 8.05. The van der Waals surface area contributed by atoms with Crippen LogP contribution in [0, 0.1) is 5.92 Å². The van der Waals surface area contributed by atoms with Gasteiger partial charge in [0.05, 0.1) is 0 Å². The third-order valence-corrected chi connectivity index (χ3v) is 3.10. The molecule has 1 saturated carbocycles. The van der Waals surface area contributed by atoms with Crippen molar-refractivity contribution in [1.29, 1.82) is 0 Å². The van der Waals surface area contributed by atoms with Crippen LogP contribution in [0.3, 0.4) is 0 Å². The van der Waals surface area contributed by atoms with Gasteiger partial charge in [0.25, 0.3) is 0 Å². The van der Waals surface area contributed by atoms with E-state index >= 15 is 0 Å². The fourth-order valence-corrected chi connectivity index (χ4v) is 2.27. The molecular formula is C9H16N2O. The highest BCUT2D eigenvalue weighted by Crippen LogP contribution is 2.31. The molecule has 1 aliphatic heterocycles. The van der Waals surface area contributed by atoms with Crippen molar-refractivity contribution in [2.75, 3.05) is 6.54 Å². The molecule has 1 amide bonds. The molecule has 2 aliphatic rings. The Morgan fingerprint density at radius 2 is 2.25 bits per heavy atom. The van der Waals surface area contributed by atoms with E-state index in [-0.39, 0.29) is 11.9 Å². The summed E-state index contributed by atoms with van der Waals surface area (Å²) < 4.78 is 0. The lowest BCUT2D eigenvalue weighted by Crippen LogP contribution is -2.63. The Hall–Kier alpha value is -0.570. The number of carbonyl (C=O) groups is 1. The van der Waals surface area contributed by atoms with Gasteiger partial charge in [0.15, 0.2) is 0 Å². The average molecular weight is 168 g/mol. The van der Waals surface area contributed by atoms with Crippen molar-refractivity contribution in [2.45, 2.75) is 38.3 Å². The van der Waals surface area contributed by atoms with Crippen molar-refractivity contribution in [3.63, 3.8) is 0 Å². The maximum absolute atomic E-state index is 11.3. The van der Waals surface area contributed by atoms with E-state index < -0.39 is 0 Å². The molecule has 1 saturated heterocycles. The van der Waals surface area contributed by atoms with Gasteiger partial charge in [-0.2, -0.15) is 0 Å². The van der Waals surface area contributed by atoms with E-state index in [9.17, 15) is 4.79 Å². The normalized spacial score (nSPS) is 41.7. The summed E-state index contributed by atoms with van der Waals surface area (Å²) in [4.78, 5) is 13.2. The van der Waals surface area contributed by atoms with Gasteiger partial charge >= 0.3 is 0 Å². The van der Waals surface area contributed by atoms with Crippen molar-refractivity contribution in [3.8, 4) is 0 Å². The summed E-state index contributed by atoms with van der Waals surface area (Å²) in [7, 11) is 0. The molecule has 0 aromatic heterocycles. The van der Waals surface area contributed by atoms with E-state index in [4.69, 9.17) is 5.73 Å². The van der Waals surface area contributed by atoms with Gasteiger partial charge in [0.2, 0.25) is 5.91 Å².